The number of carbonyl (C=O) groups is 2. The van der Waals surface area contributed by atoms with Crippen LogP contribution >= 0.6 is 34.0 Å². The summed E-state index contributed by atoms with van der Waals surface area (Å²) in [6.45, 7) is 0. The van der Waals surface area contributed by atoms with Crippen LogP contribution in [0.3, 0.4) is 0 Å². The van der Waals surface area contributed by atoms with Crippen molar-refractivity contribution >= 4 is 61.6 Å². The number of amides is 2. The van der Waals surface area contributed by atoms with E-state index in [0.717, 1.165) is 16.2 Å². The zero-order chi connectivity index (χ0) is 21.2. The number of imidazole rings is 1. The Bertz CT molecular complexity index is 1320. The van der Waals surface area contributed by atoms with Crippen LogP contribution in [0.4, 0.5) is 10.8 Å². The minimum Gasteiger partial charge on any atom is -0.326 e. The predicted octanol–water partition coefficient (Wildman–Crippen LogP) is 5.01. The second-order valence-electron chi connectivity index (χ2n) is 6.60. The summed E-state index contributed by atoms with van der Waals surface area (Å²) in [5.74, 6) is -0.366. The number of hydrogen-bond donors (Lipinski definition) is 2. The van der Waals surface area contributed by atoms with Crippen molar-refractivity contribution in [3.8, 4) is 11.3 Å². The van der Waals surface area contributed by atoms with Crippen LogP contribution < -0.4 is 10.6 Å². The average molecular weight is 466 g/mol. The van der Waals surface area contributed by atoms with Gasteiger partial charge in [-0.3, -0.25) is 19.3 Å². The summed E-state index contributed by atoms with van der Waals surface area (Å²) in [5.41, 5.74) is 3.19. The van der Waals surface area contributed by atoms with E-state index in [1.807, 2.05) is 57.9 Å². The van der Waals surface area contributed by atoms with Crippen molar-refractivity contribution in [3.63, 3.8) is 0 Å². The molecule has 1 aromatic carbocycles. The van der Waals surface area contributed by atoms with Gasteiger partial charge in [-0.15, -0.1) is 34.0 Å². The largest absolute Gasteiger partial charge is 0.326 e. The molecule has 0 aliphatic heterocycles. The number of fused-ring (bicyclic) bond motifs is 1. The summed E-state index contributed by atoms with van der Waals surface area (Å²) < 4.78 is 1.99. The second-order valence-corrected chi connectivity index (χ2v) is 9.28. The fourth-order valence-corrected chi connectivity index (χ4v) is 5.00. The molecule has 4 heterocycles. The van der Waals surface area contributed by atoms with Gasteiger partial charge in [0.1, 0.15) is 0 Å². The summed E-state index contributed by atoms with van der Waals surface area (Å²) in [6, 6.07) is 11.2. The molecule has 0 fully saturated rings. The van der Waals surface area contributed by atoms with Gasteiger partial charge in [0.25, 0.3) is 5.91 Å². The quantitative estimate of drug-likeness (QED) is 0.369. The highest BCUT2D eigenvalue weighted by Gasteiger charge is 2.12. The Morgan fingerprint density at radius 3 is 2.61 bits per heavy atom. The van der Waals surface area contributed by atoms with Crippen LogP contribution in [0.15, 0.2) is 64.9 Å². The van der Waals surface area contributed by atoms with Crippen LogP contribution in [0, 0.1) is 0 Å². The summed E-state index contributed by atoms with van der Waals surface area (Å²) >= 11 is 4.25. The van der Waals surface area contributed by atoms with Gasteiger partial charge in [-0.1, -0.05) is 18.2 Å². The molecule has 0 aliphatic rings. The third kappa shape index (κ3) is 4.41. The van der Waals surface area contributed by atoms with Crippen molar-refractivity contribution in [2.24, 2.45) is 0 Å². The van der Waals surface area contributed by atoms with Crippen LogP contribution in [0.2, 0.25) is 0 Å². The second kappa shape index (κ2) is 8.42. The molecule has 0 radical (unpaired) electrons. The first-order valence-electron chi connectivity index (χ1n) is 9.26. The Hall–Kier alpha value is -3.34. The highest BCUT2D eigenvalue weighted by atomic mass is 32.1. The van der Waals surface area contributed by atoms with E-state index in [4.69, 9.17) is 0 Å². The maximum atomic E-state index is 12.4. The highest BCUT2D eigenvalue weighted by Crippen LogP contribution is 2.23. The third-order valence-corrected chi connectivity index (χ3v) is 6.86. The topological polar surface area (TPSA) is 88.4 Å². The summed E-state index contributed by atoms with van der Waals surface area (Å²) in [7, 11) is 0. The number of thiophene rings is 1. The van der Waals surface area contributed by atoms with Gasteiger partial charge in [-0.25, -0.2) is 9.97 Å². The molecule has 4 aromatic heterocycles. The Kier molecular flexibility index (Phi) is 5.33. The lowest BCUT2D eigenvalue weighted by Crippen LogP contribution is -2.15. The fraction of sp³-hybridized carbons (Fsp3) is 0.0476. The van der Waals surface area contributed by atoms with Gasteiger partial charge >= 0.3 is 0 Å². The molecule has 31 heavy (non-hydrogen) atoms. The lowest BCUT2D eigenvalue weighted by molar-refractivity contribution is -0.115. The normalized spacial score (nSPS) is 11.0. The molecule has 10 heteroatoms. The molecule has 0 saturated carbocycles. The maximum Gasteiger partial charge on any atom is 0.267 e. The van der Waals surface area contributed by atoms with E-state index in [1.54, 1.807) is 22.8 Å². The Morgan fingerprint density at radius 1 is 0.968 bits per heavy atom. The number of nitrogens with zero attached hydrogens (tertiary/aromatic N) is 3. The van der Waals surface area contributed by atoms with E-state index in [2.05, 4.69) is 20.6 Å². The predicted molar refractivity (Wildman–Crippen MR) is 125 cm³/mol. The minimum absolute atomic E-state index is 0.129. The van der Waals surface area contributed by atoms with Crippen molar-refractivity contribution in [2.75, 3.05) is 10.6 Å². The van der Waals surface area contributed by atoms with E-state index in [1.165, 1.54) is 22.7 Å². The van der Waals surface area contributed by atoms with Gasteiger partial charge in [-0.05, 0) is 23.6 Å². The number of hydrogen-bond acceptors (Lipinski definition) is 7. The monoisotopic (exact) mass is 465 g/mol. The van der Waals surface area contributed by atoms with Gasteiger partial charge in [0.2, 0.25) is 5.91 Å². The molecule has 0 aliphatic carbocycles. The van der Waals surface area contributed by atoms with Crippen LogP contribution in [0.5, 0.6) is 0 Å². The van der Waals surface area contributed by atoms with Crippen LogP contribution in [-0.2, 0) is 11.2 Å². The van der Waals surface area contributed by atoms with E-state index >= 15 is 0 Å². The maximum absolute atomic E-state index is 12.4. The van der Waals surface area contributed by atoms with E-state index < -0.39 is 0 Å². The van der Waals surface area contributed by atoms with E-state index in [9.17, 15) is 9.59 Å². The first-order chi connectivity index (χ1) is 15.1. The van der Waals surface area contributed by atoms with Crippen LogP contribution in [-0.4, -0.2) is 26.2 Å². The number of benzene rings is 1. The molecule has 154 valence electrons. The van der Waals surface area contributed by atoms with Crippen molar-refractivity contribution in [3.05, 3.63) is 75.5 Å². The van der Waals surface area contributed by atoms with E-state index in [-0.39, 0.29) is 18.2 Å². The Balaban J connectivity index is 1.18. The first-order valence-corrected chi connectivity index (χ1v) is 11.9. The number of carbonyl (C=O) groups excluding carboxylic acids is 2. The Morgan fingerprint density at radius 2 is 1.84 bits per heavy atom. The smallest absolute Gasteiger partial charge is 0.267 e. The van der Waals surface area contributed by atoms with Crippen LogP contribution in [0.25, 0.3) is 16.2 Å². The van der Waals surface area contributed by atoms with Crippen LogP contribution in [0.1, 0.15) is 15.4 Å². The zero-order valence-electron chi connectivity index (χ0n) is 15.9. The van der Waals surface area contributed by atoms with Gasteiger partial charge < -0.3 is 5.32 Å². The molecule has 0 saturated heterocycles. The van der Waals surface area contributed by atoms with Crippen molar-refractivity contribution in [1.29, 1.82) is 0 Å². The molecular formula is C21H15N5O2S3. The molecular weight excluding hydrogens is 450 g/mol. The Labute approximate surface area is 189 Å². The number of thiazole rings is 2. The van der Waals surface area contributed by atoms with Gasteiger partial charge in [0.15, 0.2) is 10.1 Å². The lowest BCUT2D eigenvalue weighted by Gasteiger charge is -2.05. The number of nitrogens with one attached hydrogen (secondary N) is 2. The van der Waals surface area contributed by atoms with E-state index in [0.29, 0.717) is 21.4 Å². The fourth-order valence-electron chi connectivity index (χ4n) is 2.97. The summed E-state index contributed by atoms with van der Waals surface area (Å²) in [6.07, 6.45) is 4.09. The molecule has 0 atom stereocenters. The number of anilines is 2. The van der Waals surface area contributed by atoms with Crippen molar-refractivity contribution in [1.82, 2.24) is 14.4 Å². The van der Waals surface area contributed by atoms with Gasteiger partial charge in [0, 0.05) is 34.4 Å². The summed E-state index contributed by atoms with van der Waals surface area (Å²) in [4.78, 5) is 35.0. The van der Waals surface area contributed by atoms with Gasteiger partial charge in [-0.2, -0.15) is 0 Å². The number of rotatable bonds is 6. The molecule has 2 amide bonds. The molecule has 0 spiro atoms. The molecule has 5 aromatic rings. The molecule has 7 nitrogen and oxygen atoms in total. The lowest BCUT2D eigenvalue weighted by atomic mass is 10.1. The zero-order valence-corrected chi connectivity index (χ0v) is 18.4. The molecule has 0 unspecified atom stereocenters. The number of aromatic nitrogens is 3. The standard InChI is InChI=1S/C21H15N5O2S3/c27-18(10-15-12-31-20(23-15)25-19(28)17-2-1-8-29-17)22-14-5-3-13(4-6-14)16-11-26-7-9-30-21(26)24-16/h1-9,11-12H,10H2,(H,22,27)(H,23,25,28). The highest BCUT2D eigenvalue weighted by molar-refractivity contribution is 7.15. The van der Waals surface area contributed by atoms with Crippen molar-refractivity contribution in [2.45, 2.75) is 6.42 Å². The molecule has 5 rings (SSSR count). The third-order valence-electron chi connectivity index (χ3n) is 4.42. The first kappa shape index (κ1) is 19.6. The molecule has 0 bridgehead atoms. The molecule has 2 N–H and O–H groups in total. The average Bonchev–Trinajstić information content (AvgIpc) is 3.53. The summed E-state index contributed by atoms with van der Waals surface area (Å²) in [5, 5.41) is 11.7. The minimum atomic E-state index is -0.196. The SMILES string of the molecule is O=C(Cc1csc(NC(=O)c2cccs2)n1)Nc1ccc(-c2cn3ccsc3n2)cc1. The van der Waals surface area contributed by atoms with Crippen molar-refractivity contribution < 1.29 is 9.59 Å². The van der Waals surface area contributed by atoms with Gasteiger partial charge in [0.05, 0.1) is 22.7 Å².